The molecule has 0 fully saturated rings. The first kappa shape index (κ1) is 21.5. The zero-order chi connectivity index (χ0) is 19.8. The van der Waals surface area contributed by atoms with Crippen LogP contribution in [0.4, 0.5) is 0 Å². The van der Waals surface area contributed by atoms with E-state index in [1.165, 1.54) is 42.8 Å². The fourth-order valence-corrected chi connectivity index (χ4v) is 6.30. The molecule has 0 atom stereocenters. The average Bonchev–Trinajstić information content (AvgIpc) is 3.18. The van der Waals surface area contributed by atoms with Gasteiger partial charge in [-0.1, -0.05) is 24.9 Å². The van der Waals surface area contributed by atoms with Crippen molar-refractivity contribution >= 4 is 46.4 Å². The van der Waals surface area contributed by atoms with E-state index in [9.17, 15) is 9.59 Å². The van der Waals surface area contributed by atoms with E-state index < -0.39 is 11.9 Å². The Morgan fingerprint density at radius 2 is 1.33 bits per heavy atom. The van der Waals surface area contributed by atoms with Crippen LogP contribution in [-0.2, 0) is 31.9 Å². The van der Waals surface area contributed by atoms with Gasteiger partial charge in [0.1, 0.15) is 0 Å². The minimum absolute atomic E-state index is 0.337. The number of ether oxygens (including phenoxy) is 2. The van der Waals surface area contributed by atoms with Gasteiger partial charge in [0.2, 0.25) is 0 Å². The predicted octanol–water partition coefficient (Wildman–Crippen LogP) is 5.12. The summed E-state index contributed by atoms with van der Waals surface area (Å²) in [7, 11) is 0. The molecular formula is C20H22O4S3. The first-order valence-electron chi connectivity index (χ1n) is 8.36. The third-order valence-electron chi connectivity index (χ3n) is 3.84. The predicted molar refractivity (Wildman–Crippen MR) is 112 cm³/mol. The van der Waals surface area contributed by atoms with E-state index in [-0.39, 0.29) is 0 Å². The molecule has 2 aromatic rings. The van der Waals surface area contributed by atoms with E-state index in [4.69, 9.17) is 9.47 Å². The minimum Gasteiger partial charge on any atom is -0.462 e. The number of carbonyl (C=O) groups is 2. The molecule has 0 bridgehead atoms. The van der Waals surface area contributed by atoms with E-state index in [0.717, 1.165) is 0 Å². The van der Waals surface area contributed by atoms with E-state index in [1.54, 1.807) is 34.4 Å². The summed E-state index contributed by atoms with van der Waals surface area (Å²) in [5.74, 6) is -0.801. The van der Waals surface area contributed by atoms with Gasteiger partial charge >= 0.3 is 11.9 Å². The number of carbonyl (C=O) groups excluding carboxylic acids is 2. The molecule has 0 aliphatic rings. The fraction of sp³-hybridized carbons (Fsp3) is 0.300. The van der Waals surface area contributed by atoms with Gasteiger partial charge in [-0.3, -0.25) is 0 Å². The first-order valence-corrected chi connectivity index (χ1v) is 10.9. The highest BCUT2D eigenvalue weighted by Crippen LogP contribution is 2.42. The number of hydrogen-bond acceptors (Lipinski definition) is 7. The summed E-state index contributed by atoms with van der Waals surface area (Å²) < 4.78 is 12.7. The maximum absolute atomic E-state index is 11.2. The van der Waals surface area contributed by atoms with Gasteiger partial charge in [0.25, 0.3) is 0 Å². The largest absolute Gasteiger partial charge is 0.462 e. The molecule has 0 radical (unpaired) electrons. The molecule has 7 heteroatoms. The molecule has 0 spiro atoms. The molecule has 0 saturated carbocycles. The molecule has 0 amide bonds. The van der Waals surface area contributed by atoms with Crippen molar-refractivity contribution in [3.8, 4) is 0 Å². The van der Waals surface area contributed by atoms with E-state index in [0.29, 0.717) is 26.1 Å². The number of esters is 2. The Balaban J connectivity index is 2.07. The van der Waals surface area contributed by atoms with Crippen LogP contribution in [0, 0.1) is 13.8 Å². The van der Waals surface area contributed by atoms with Crippen molar-refractivity contribution in [2.75, 3.05) is 13.2 Å². The molecule has 0 saturated heterocycles. The number of rotatable bonds is 10. The third kappa shape index (κ3) is 6.09. The standard InChI is InChI=1S/C20H22O4S3/c1-5-17(21)23-9-7-15-13(3)11-25-19(15)27-20-16(14(4)12-26-20)8-10-24-18(22)6-2/h5-6,11-12H,1-2,7-10H2,3-4H3. The normalized spacial score (nSPS) is 10.4. The lowest BCUT2D eigenvalue weighted by atomic mass is 10.2. The lowest BCUT2D eigenvalue weighted by molar-refractivity contribution is -0.138. The van der Waals surface area contributed by atoms with Crippen LogP contribution in [0.25, 0.3) is 0 Å². The van der Waals surface area contributed by atoms with E-state index in [2.05, 4.69) is 37.8 Å². The van der Waals surface area contributed by atoms with Gasteiger partial charge < -0.3 is 9.47 Å². The van der Waals surface area contributed by atoms with Crippen molar-refractivity contribution in [1.82, 2.24) is 0 Å². The zero-order valence-electron chi connectivity index (χ0n) is 15.4. The summed E-state index contributed by atoms with van der Waals surface area (Å²) in [6.07, 6.45) is 3.70. The number of aryl methyl sites for hydroxylation is 2. The second-order valence-electron chi connectivity index (χ2n) is 5.71. The maximum Gasteiger partial charge on any atom is 0.330 e. The molecule has 0 aliphatic carbocycles. The van der Waals surface area contributed by atoms with Crippen LogP contribution in [0.1, 0.15) is 22.3 Å². The van der Waals surface area contributed by atoms with Gasteiger partial charge in [0.05, 0.1) is 21.6 Å². The summed E-state index contributed by atoms with van der Waals surface area (Å²) in [6, 6.07) is 0. The Kier molecular flexibility index (Phi) is 8.34. The van der Waals surface area contributed by atoms with Crippen LogP contribution in [0.3, 0.4) is 0 Å². The molecule has 144 valence electrons. The summed E-state index contributed by atoms with van der Waals surface area (Å²) >= 11 is 5.12. The molecule has 2 heterocycles. The van der Waals surface area contributed by atoms with Crippen molar-refractivity contribution < 1.29 is 19.1 Å². The molecular weight excluding hydrogens is 400 g/mol. The van der Waals surface area contributed by atoms with Crippen LogP contribution < -0.4 is 0 Å². The fourth-order valence-electron chi connectivity index (χ4n) is 2.37. The first-order chi connectivity index (χ1) is 13.0. The molecule has 2 aromatic heterocycles. The Bertz CT molecular complexity index is 764. The Hall–Kier alpha value is -1.83. The maximum atomic E-state index is 11.2. The van der Waals surface area contributed by atoms with Gasteiger partial charge in [0, 0.05) is 25.0 Å². The van der Waals surface area contributed by atoms with Crippen molar-refractivity contribution in [2.24, 2.45) is 0 Å². The highest BCUT2D eigenvalue weighted by molar-refractivity contribution is 8.03. The minimum atomic E-state index is -0.401. The van der Waals surface area contributed by atoms with Gasteiger partial charge in [-0.2, -0.15) is 0 Å². The summed E-state index contributed by atoms with van der Waals surface area (Å²) in [5, 5.41) is 4.25. The van der Waals surface area contributed by atoms with Crippen LogP contribution >= 0.6 is 34.4 Å². The molecule has 0 aliphatic heterocycles. The molecule has 0 unspecified atom stereocenters. The second-order valence-corrected chi connectivity index (χ2v) is 9.01. The van der Waals surface area contributed by atoms with Crippen molar-refractivity contribution in [3.05, 3.63) is 58.3 Å². The third-order valence-corrected chi connectivity index (χ3v) is 7.65. The quantitative estimate of drug-likeness (QED) is 0.393. The Morgan fingerprint density at radius 3 is 1.70 bits per heavy atom. The van der Waals surface area contributed by atoms with Crippen molar-refractivity contribution in [1.29, 1.82) is 0 Å². The van der Waals surface area contributed by atoms with Gasteiger partial charge in [-0.15, -0.1) is 22.7 Å². The van der Waals surface area contributed by atoms with Crippen LogP contribution in [0.2, 0.25) is 0 Å². The van der Waals surface area contributed by atoms with E-state index >= 15 is 0 Å². The molecule has 4 nitrogen and oxygen atoms in total. The number of hydrogen-bond donors (Lipinski definition) is 0. The van der Waals surface area contributed by atoms with Crippen molar-refractivity contribution in [2.45, 2.75) is 35.1 Å². The second kappa shape index (κ2) is 10.5. The summed E-state index contributed by atoms with van der Waals surface area (Å²) in [6.45, 7) is 11.6. The molecule has 0 N–H and O–H groups in total. The average molecular weight is 423 g/mol. The lowest BCUT2D eigenvalue weighted by Gasteiger charge is -2.08. The highest BCUT2D eigenvalue weighted by atomic mass is 32.2. The number of thiophene rings is 2. The SMILES string of the molecule is C=CC(=O)OCCc1c(C)csc1Sc1scc(C)c1CCOC(=O)C=C. The van der Waals surface area contributed by atoms with Gasteiger partial charge in [-0.25, -0.2) is 9.59 Å². The zero-order valence-corrected chi connectivity index (χ0v) is 17.9. The lowest BCUT2D eigenvalue weighted by Crippen LogP contribution is -2.05. The van der Waals surface area contributed by atoms with Crippen LogP contribution in [0.5, 0.6) is 0 Å². The Morgan fingerprint density at radius 1 is 0.926 bits per heavy atom. The monoisotopic (exact) mass is 422 g/mol. The highest BCUT2D eigenvalue weighted by Gasteiger charge is 2.16. The Labute approximate surface area is 171 Å². The summed E-state index contributed by atoms with van der Waals surface area (Å²) in [4.78, 5) is 22.5. The molecule has 0 aromatic carbocycles. The van der Waals surface area contributed by atoms with Crippen LogP contribution in [0.15, 0.2) is 44.5 Å². The molecule has 2 rings (SSSR count). The molecule has 27 heavy (non-hydrogen) atoms. The van der Waals surface area contributed by atoms with Gasteiger partial charge in [-0.05, 0) is 46.9 Å². The smallest absolute Gasteiger partial charge is 0.330 e. The van der Waals surface area contributed by atoms with Crippen molar-refractivity contribution in [3.63, 3.8) is 0 Å². The van der Waals surface area contributed by atoms with Gasteiger partial charge in [0.15, 0.2) is 0 Å². The van der Waals surface area contributed by atoms with E-state index in [1.807, 2.05) is 0 Å². The topological polar surface area (TPSA) is 52.6 Å². The summed E-state index contributed by atoms with van der Waals surface area (Å²) in [5.41, 5.74) is 4.81. The van der Waals surface area contributed by atoms with Crippen LogP contribution in [-0.4, -0.2) is 25.2 Å².